The van der Waals surface area contributed by atoms with Crippen molar-refractivity contribution < 1.29 is 5.11 Å². The molecule has 0 spiro atoms. The molecular formula is C12H19N3O2. The Bertz CT molecular complexity index is 450. The fraction of sp³-hybridized carbons (Fsp3) is 0.667. The second-order valence-corrected chi connectivity index (χ2v) is 4.68. The van der Waals surface area contributed by atoms with Crippen molar-refractivity contribution in [3.8, 4) is 5.88 Å². The number of H-pyrrole nitrogens is 1. The van der Waals surface area contributed by atoms with Gasteiger partial charge in [-0.15, -0.1) is 0 Å². The standard InChI is InChI=1S/C12H19N3O2/c1-2-8(13)10-14-11(16)9(12(17)15-10)7-5-3-4-6-7/h7-8H,2-6,13H2,1H3,(H2,14,15,16,17). The van der Waals surface area contributed by atoms with Crippen LogP contribution in [0.15, 0.2) is 4.79 Å². The molecule has 0 bridgehead atoms. The van der Waals surface area contributed by atoms with E-state index in [1.54, 1.807) is 0 Å². The van der Waals surface area contributed by atoms with Crippen molar-refractivity contribution in [2.24, 2.45) is 5.73 Å². The zero-order valence-electron chi connectivity index (χ0n) is 10.1. The summed E-state index contributed by atoms with van der Waals surface area (Å²) in [5, 5.41) is 9.89. The van der Waals surface area contributed by atoms with E-state index in [1.165, 1.54) is 0 Å². The summed E-state index contributed by atoms with van der Waals surface area (Å²) in [6.07, 6.45) is 4.81. The van der Waals surface area contributed by atoms with E-state index >= 15 is 0 Å². The lowest BCUT2D eigenvalue weighted by atomic mass is 10.00. The Labute approximate surface area is 100 Å². The molecule has 1 fully saturated rings. The lowest BCUT2D eigenvalue weighted by molar-refractivity contribution is 0.428. The molecular weight excluding hydrogens is 218 g/mol. The number of aromatic nitrogens is 2. The Morgan fingerprint density at radius 1 is 1.53 bits per heavy atom. The van der Waals surface area contributed by atoms with Crippen LogP contribution in [-0.2, 0) is 0 Å². The summed E-state index contributed by atoms with van der Waals surface area (Å²) in [4.78, 5) is 18.7. The number of rotatable bonds is 3. The summed E-state index contributed by atoms with van der Waals surface area (Å²) >= 11 is 0. The minimum Gasteiger partial charge on any atom is -0.493 e. The molecule has 1 unspecified atom stereocenters. The quantitative estimate of drug-likeness (QED) is 0.743. The number of nitrogens with zero attached hydrogens (tertiary/aromatic N) is 1. The van der Waals surface area contributed by atoms with Gasteiger partial charge in [0.1, 0.15) is 5.82 Å². The van der Waals surface area contributed by atoms with Gasteiger partial charge in [0, 0.05) is 0 Å². The average Bonchev–Trinajstić information content (AvgIpc) is 2.80. The van der Waals surface area contributed by atoms with E-state index in [2.05, 4.69) is 9.97 Å². The molecule has 0 aromatic carbocycles. The predicted molar refractivity (Wildman–Crippen MR) is 65.0 cm³/mol. The van der Waals surface area contributed by atoms with Gasteiger partial charge >= 0.3 is 0 Å². The number of hydrogen-bond donors (Lipinski definition) is 3. The van der Waals surface area contributed by atoms with Gasteiger partial charge in [-0.3, -0.25) is 4.79 Å². The highest BCUT2D eigenvalue weighted by atomic mass is 16.3. The van der Waals surface area contributed by atoms with Crippen LogP contribution in [0.25, 0.3) is 0 Å². The van der Waals surface area contributed by atoms with Crippen LogP contribution < -0.4 is 11.3 Å². The van der Waals surface area contributed by atoms with E-state index in [0.717, 1.165) is 25.7 Å². The summed E-state index contributed by atoms with van der Waals surface area (Å²) in [5.74, 6) is 0.384. The minimum atomic E-state index is -0.328. The largest absolute Gasteiger partial charge is 0.493 e. The second-order valence-electron chi connectivity index (χ2n) is 4.68. The van der Waals surface area contributed by atoms with Gasteiger partial charge in [-0.1, -0.05) is 19.8 Å². The Hall–Kier alpha value is -1.36. The fourth-order valence-electron chi connectivity index (χ4n) is 2.44. The Balaban J connectivity index is 2.38. The van der Waals surface area contributed by atoms with Crippen molar-refractivity contribution in [2.45, 2.75) is 51.0 Å². The molecule has 17 heavy (non-hydrogen) atoms. The van der Waals surface area contributed by atoms with Crippen LogP contribution in [0, 0.1) is 0 Å². The van der Waals surface area contributed by atoms with Crippen LogP contribution in [0.3, 0.4) is 0 Å². The van der Waals surface area contributed by atoms with Gasteiger partial charge in [-0.25, -0.2) is 0 Å². The molecule has 0 amide bonds. The Morgan fingerprint density at radius 3 is 2.71 bits per heavy atom. The maximum Gasteiger partial charge on any atom is 0.258 e. The molecule has 1 aromatic heterocycles. The first-order valence-electron chi connectivity index (χ1n) is 6.22. The van der Waals surface area contributed by atoms with Gasteiger partial charge in [0.15, 0.2) is 0 Å². The van der Waals surface area contributed by atoms with Gasteiger partial charge in [-0.2, -0.15) is 4.98 Å². The molecule has 4 N–H and O–H groups in total. The summed E-state index contributed by atoms with van der Waals surface area (Å²) in [6, 6.07) is -0.328. The molecule has 1 aromatic rings. The van der Waals surface area contributed by atoms with E-state index in [9.17, 15) is 9.90 Å². The first-order chi connectivity index (χ1) is 8.13. The fourth-order valence-corrected chi connectivity index (χ4v) is 2.44. The third-order valence-corrected chi connectivity index (χ3v) is 3.51. The van der Waals surface area contributed by atoms with Crippen molar-refractivity contribution in [2.75, 3.05) is 0 Å². The zero-order valence-corrected chi connectivity index (χ0v) is 10.1. The topological polar surface area (TPSA) is 92.0 Å². The number of nitrogens with one attached hydrogen (secondary N) is 1. The molecule has 1 saturated carbocycles. The minimum absolute atomic E-state index is 0.139. The van der Waals surface area contributed by atoms with Crippen LogP contribution in [0.2, 0.25) is 0 Å². The first kappa shape index (κ1) is 12.1. The van der Waals surface area contributed by atoms with Crippen molar-refractivity contribution in [3.05, 3.63) is 21.7 Å². The third-order valence-electron chi connectivity index (χ3n) is 3.51. The highest BCUT2D eigenvalue weighted by molar-refractivity contribution is 5.27. The van der Waals surface area contributed by atoms with Crippen LogP contribution in [0.1, 0.15) is 62.4 Å². The maximum absolute atomic E-state index is 12.0. The molecule has 1 aliphatic carbocycles. The maximum atomic E-state index is 12.0. The molecule has 1 heterocycles. The van der Waals surface area contributed by atoms with Crippen LogP contribution in [-0.4, -0.2) is 15.1 Å². The zero-order chi connectivity index (χ0) is 12.4. The van der Waals surface area contributed by atoms with Crippen molar-refractivity contribution in [1.82, 2.24) is 9.97 Å². The lowest BCUT2D eigenvalue weighted by Crippen LogP contribution is -2.23. The number of aromatic amines is 1. The lowest BCUT2D eigenvalue weighted by Gasteiger charge is -2.13. The summed E-state index contributed by atoms with van der Waals surface area (Å²) < 4.78 is 0. The van der Waals surface area contributed by atoms with Gasteiger partial charge in [0.2, 0.25) is 5.88 Å². The second kappa shape index (κ2) is 4.87. The molecule has 5 nitrogen and oxygen atoms in total. The van der Waals surface area contributed by atoms with E-state index in [1.807, 2.05) is 6.92 Å². The van der Waals surface area contributed by atoms with Crippen LogP contribution in [0.4, 0.5) is 0 Å². The molecule has 5 heteroatoms. The SMILES string of the molecule is CCC(N)c1nc(O)c(C2CCCC2)c(=O)[nH]1. The monoisotopic (exact) mass is 237 g/mol. The van der Waals surface area contributed by atoms with Gasteiger partial charge in [0.05, 0.1) is 11.6 Å². The van der Waals surface area contributed by atoms with Crippen LogP contribution in [0.5, 0.6) is 5.88 Å². The molecule has 0 saturated heterocycles. The summed E-state index contributed by atoms with van der Waals surface area (Å²) in [6.45, 7) is 1.91. The molecule has 1 aliphatic rings. The molecule has 2 rings (SSSR count). The van der Waals surface area contributed by atoms with Crippen molar-refractivity contribution >= 4 is 0 Å². The third kappa shape index (κ3) is 2.34. The van der Waals surface area contributed by atoms with Crippen LogP contribution >= 0.6 is 0 Å². The molecule has 1 atom stereocenters. The highest BCUT2D eigenvalue weighted by Gasteiger charge is 2.25. The summed E-state index contributed by atoms with van der Waals surface area (Å²) in [5.41, 5.74) is 6.00. The highest BCUT2D eigenvalue weighted by Crippen LogP contribution is 2.35. The van der Waals surface area contributed by atoms with E-state index < -0.39 is 0 Å². The van der Waals surface area contributed by atoms with Gasteiger partial charge in [-0.05, 0) is 25.2 Å². The number of hydrogen-bond acceptors (Lipinski definition) is 4. The summed E-state index contributed by atoms with van der Waals surface area (Å²) in [7, 11) is 0. The molecule has 0 radical (unpaired) electrons. The smallest absolute Gasteiger partial charge is 0.258 e. The Morgan fingerprint density at radius 2 is 2.18 bits per heavy atom. The number of aromatic hydroxyl groups is 1. The number of nitrogens with two attached hydrogens (primary N) is 1. The normalized spacial score (nSPS) is 18.5. The van der Waals surface area contributed by atoms with E-state index in [0.29, 0.717) is 17.8 Å². The average molecular weight is 237 g/mol. The Kier molecular flexibility index (Phi) is 3.47. The van der Waals surface area contributed by atoms with Gasteiger partial charge in [0.25, 0.3) is 5.56 Å². The van der Waals surface area contributed by atoms with Crippen molar-refractivity contribution in [3.63, 3.8) is 0 Å². The van der Waals surface area contributed by atoms with Crippen molar-refractivity contribution in [1.29, 1.82) is 0 Å². The van der Waals surface area contributed by atoms with E-state index in [-0.39, 0.29) is 23.4 Å². The first-order valence-corrected chi connectivity index (χ1v) is 6.22. The van der Waals surface area contributed by atoms with Gasteiger partial charge < -0.3 is 15.8 Å². The predicted octanol–water partition coefficient (Wildman–Crippen LogP) is 1.54. The molecule has 94 valence electrons. The molecule has 0 aliphatic heterocycles. The van der Waals surface area contributed by atoms with E-state index in [4.69, 9.17) is 5.73 Å².